The molecule has 0 aromatic carbocycles. The summed E-state index contributed by atoms with van der Waals surface area (Å²) in [6.45, 7) is 2.07. The second kappa shape index (κ2) is 3.94. The highest BCUT2D eigenvalue weighted by Crippen LogP contribution is 2.29. The highest BCUT2D eigenvalue weighted by Gasteiger charge is 2.13. The molecule has 0 amide bonds. The lowest BCUT2D eigenvalue weighted by atomic mass is 10.2. The van der Waals surface area contributed by atoms with Gasteiger partial charge in [0.2, 0.25) is 0 Å². The third kappa shape index (κ3) is 1.70. The van der Waals surface area contributed by atoms with Gasteiger partial charge in [-0.15, -0.1) is 11.3 Å². The van der Waals surface area contributed by atoms with Gasteiger partial charge in [0, 0.05) is 17.5 Å². The second-order valence-electron chi connectivity index (χ2n) is 3.16. The van der Waals surface area contributed by atoms with E-state index in [0.29, 0.717) is 0 Å². The Balaban J connectivity index is 2.56. The molecule has 0 aliphatic carbocycles. The zero-order chi connectivity index (χ0) is 10.8. The Morgan fingerprint density at radius 2 is 2.40 bits per heavy atom. The molecule has 78 valence electrons. The molecule has 0 bridgehead atoms. The topological polar surface area (TPSA) is 47.8 Å². The Bertz CT molecular complexity index is 487. The van der Waals surface area contributed by atoms with Crippen LogP contribution in [0.4, 0.5) is 0 Å². The average Bonchev–Trinajstić information content (AvgIpc) is 2.82. The van der Waals surface area contributed by atoms with Crippen LogP contribution in [0.2, 0.25) is 0 Å². The van der Waals surface area contributed by atoms with Gasteiger partial charge in [-0.1, -0.05) is 6.92 Å². The summed E-state index contributed by atoms with van der Waals surface area (Å²) in [5, 5.41) is 4.03. The summed E-state index contributed by atoms with van der Waals surface area (Å²) in [7, 11) is 1.85. The quantitative estimate of drug-likeness (QED) is 0.744. The lowest BCUT2D eigenvalue weighted by molar-refractivity contribution is 0.112. The molecule has 4 nitrogen and oxygen atoms in total. The maximum Gasteiger partial charge on any atom is 0.160 e. The van der Waals surface area contributed by atoms with Crippen molar-refractivity contribution in [2.75, 3.05) is 0 Å². The van der Waals surface area contributed by atoms with Gasteiger partial charge in [-0.3, -0.25) is 4.79 Å². The van der Waals surface area contributed by atoms with Crippen LogP contribution in [0.5, 0.6) is 0 Å². The summed E-state index contributed by atoms with van der Waals surface area (Å²) >= 11 is 1.52. The predicted molar refractivity (Wildman–Crippen MR) is 59.1 cm³/mol. The van der Waals surface area contributed by atoms with Crippen LogP contribution < -0.4 is 0 Å². The monoisotopic (exact) mass is 221 g/mol. The van der Waals surface area contributed by atoms with Crippen molar-refractivity contribution >= 4 is 17.6 Å². The van der Waals surface area contributed by atoms with Crippen LogP contribution in [0.3, 0.4) is 0 Å². The first-order valence-corrected chi connectivity index (χ1v) is 5.50. The highest BCUT2D eigenvalue weighted by atomic mass is 32.1. The summed E-state index contributed by atoms with van der Waals surface area (Å²) in [6, 6.07) is 1.88. The number of rotatable bonds is 3. The number of nitrogens with zero attached hydrogens (tertiary/aromatic N) is 3. The highest BCUT2D eigenvalue weighted by molar-refractivity contribution is 7.14. The van der Waals surface area contributed by atoms with Gasteiger partial charge in [0.1, 0.15) is 6.33 Å². The molecule has 2 aromatic rings. The Kier molecular flexibility index (Phi) is 2.64. The van der Waals surface area contributed by atoms with Gasteiger partial charge in [0.15, 0.2) is 12.1 Å². The van der Waals surface area contributed by atoms with Crippen molar-refractivity contribution < 1.29 is 4.79 Å². The van der Waals surface area contributed by atoms with E-state index < -0.39 is 0 Å². The smallest absolute Gasteiger partial charge is 0.160 e. The Morgan fingerprint density at radius 3 is 2.93 bits per heavy atom. The summed E-state index contributed by atoms with van der Waals surface area (Å²) in [6.07, 6.45) is 3.30. The van der Waals surface area contributed by atoms with Crippen LogP contribution in [0.25, 0.3) is 11.4 Å². The normalized spacial score (nSPS) is 10.5. The fourth-order valence-electron chi connectivity index (χ4n) is 1.50. The van der Waals surface area contributed by atoms with Gasteiger partial charge in [-0.05, 0) is 12.5 Å². The van der Waals surface area contributed by atoms with Crippen molar-refractivity contribution in [3.63, 3.8) is 0 Å². The molecular formula is C10H11N3OS. The summed E-state index contributed by atoms with van der Waals surface area (Å²) in [4.78, 5) is 16.8. The molecule has 0 aliphatic rings. The first-order valence-electron chi connectivity index (χ1n) is 4.68. The van der Waals surface area contributed by atoms with Gasteiger partial charge in [-0.25, -0.2) is 9.67 Å². The molecule has 2 rings (SSSR count). The number of aldehydes is 1. The molecule has 0 atom stereocenters. The minimum Gasteiger partial charge on any atom is -0.297 e. The Morgan fingerprint density at radius 1 is 1.60 bits per heavy atom. The number of hydrogen-bond acceptors (Lipinski definition) is 4. The van der Waals surface area contributed by atoms with Crippen molar-refractivity contribution in [2.24, 2.45) is 7.05 Å². The van der Waals surface area contributed by atoms with Gasteiger partial charge in [-0.2, -0.15) is 5.10 Å². The van der Waals surface area contributed by atoms with Crippen LogP contribution in [0.15, 0.2) is 12.4 Å². The van der Waals surface area contributed by atoms with Crippen molar-refractivity contribution in [3.05, 3.63) is 22.1 Å². The predicted octanol–water partition coefficient (Wildman–Crippen LogP) is 1.92. The van der Waals surface area contributed by atoms with E-state index >= 15 is 0 Å². The largest absolute Gasteiger partial charge is 0.297 e. The zero-order valence-corrected chi connectivity index (χ0v) is 9.41. The van der Waals surface area contributed by atoms with E-state index in [1.165, 1.54) is 22.5 Å². The van der Waals surface area contributed by atoms with Crippen LogP contribution in [-0.4, -0.2) is 21.1 Å². The van der Waals surface area contributed by atoms with E-state index in [1.807, 2.05) is 13.1 Å². The molecule has 5 heteroatoms. The van der Waals surface area contributed by atoms with Crippen molar-refractivity contribution in [2.45, 2.75) is 13.3 Å². The zero-order valence-electron chi connectivity index (χ0n) is 8.60. The summed E-state index contributed by atoms with van der Waals surface area (Å²) in [5.74, 6) is 0.816. The van der Waals surface area contributed by atoms with E-state index in [0.717, 1.165) is 29.0 Å². The standard InChI is InChI=1S/C10H11N3OS/c1-3-9-8(4-7(5-14)15-9)10-11-6-12-13(10)2/h4-6H,3H2,1-2H3. The molecule has 0 saturated heterocycles. The fourth-order valence-corrected chi connectivity index (χ4v) is 2.41. The molecule has 0 spiro atoms. The number of carbonyl (C=O) groups is 1. The molecule has 2 heterocycles. The van der Waals surface area contributed by atoms with Crippen LogP contribution in [-0.2, 0) is 13.5 Å². The number of aromatic nitrogens is 3. The Hall–Kier alpha value is -1.49. The Labute approximate surface area is 91.6 Å². The number of thiophene rings is 1. The summed E-state index contributed by atoms with van der Waals surface area (Å²) in [5.41, 5.74) is 1.02. The third-order valence-electron chi connectivity index (χ3n) is 2.22. The maximum atomic E-state index is 10.7. The lowest BCUT2D eigenvalue weighted by Crippen LogP contribution is -1.94. The molecule has 0 saturated carbocycles. The van der Waals surface area contributed by atoms with E-state index in [1.54, 1.807) is 4.68 Å². The molecule has 0 unspecified atom stereocenters. The van der Waals surface area contributed by atoms with E-state index in [2.05, 4.69) is 17.0 Å². The summed E-state index contributed by atoms with van der Waals surface area (Å²) < 4.78 is 1.72. The van der Waals surface area contributed by atoms with Crippen molar-refractivity contribution in [1.29, 1.82) is 0 Å². The molecule has 15 heavy (non-hydrogen) atoms. The molecular weight excluding hydrogens is 210 g/mol. The molecule has 2 aromatic heterocycles. The minimum atomic E-state index is 0.741. The lowest BCUT2D eigenvalue weighted by Gasteiger charge is -1.99. The number of aryl methyl sites for hydroxylation is 2. The van der Waals surface area contributed by atoms with Gasteiger partial charge >= 0.3 is 0 Å². The maximum absolute atomic E-state index is 10.7. The second-order valence-corrected chi connectivity index (χ2v) is 4.33. The molecule has 0 radical (unpaired) electrons. The number of carbonyl (C=O) groups excluding carboxylic acids is 1. The van der Waals surface area contributed by atoms with Gasteiger partial charge in [0.25, 0.3) is 0 Å². The SMILES string of the molecule is CCc1sc(C=O)cc1-c1ncnn1C. The first kappa shape index (κ1) is 10.0. The molecule has 0 N–H and O–H groups in total. The minimum absolute atomic E-state index is 0.741. The molecule has 0 aliphatic heterocycles. The van der Waals surface area contributed by atoms with Crippen LogP contribution in [0, 0.1) is 0 Å². The van der Waals surface area contributed by atoms with Crippen molar-refractivity contribution in [3.8, 4) is 11.4 Å². The molecule has 0 fully saturated rings. The van der Waals surface area contributed by atoms with E-state index in [-0.39, 0.29) is 0 Å². The average molecular weight is 221 g/mol. The van der Waals surface area contributed by atoms with Crippen LogP contribution >= 0.6 is 11.3 Å². The van der Waals surface area contributed by atoms with E-state index in [9.17, 15) is 4.79 Å². The first-order chi connectivity index (χ1) is 7.26. The van der Waals surface area contributed by atoms with Crippen molar-refractivity contribution in [1.82, 2.24) is 14.8 Å². The van der Waals surface area contributed by atoms with Crippen LogP contribution in [0.1, 0.15) is 21.5 Å². The third-order valence-corrected chi connectivity index (χ3v) is 3.42. The van der Waals surface area contributed by atoms with Gasteiger partial charge in [0.05, 0.1) is 4.88 Å². The van der Waals surface area contributed by atoms with Gasteiger partial charge < -0.3 is 0 Å². The van der Waals surface area contributed by atoms with E-state index in [4.69, 9.17) is 0 Å². The fraction of sp³-hybridized carbons (Fsp3) is 0.300. The number of hydrogen-bond donors (Lipinski definition) is 0.